The third kappa shape index (κ3) is 8.81. The van der Waals surface area contributed by atoms with Crippen LogP contribution in [0.25, 0.3) is 10.4 Å². The minimum Gasteiger partial charge on any atom is -0.462 e. The van der Waals surface area contributed by atoms with Crippen molar-refractivity contribution in [1.29, 1.82) is 0 Å². The Morgan fingerprint density at radius 3 is 2.50 bits per heavy atom. The summed E-state index contributed by atoms with van der Waals surface area (Å²) in [6.45, 7) is 6.78. The summed E-state index contributed by atoms with van der Waals surface area (Å²) in [5.41, 5.74) is 7.81. The van der Waals surface area contributed by atoms with Crippen LogP contribution in [-0.2, 0) is 9.53 Å². The van der Waals surface area contributed by atoms with Crippen molar-refractivity contribution in [2.24, 2.45) is 5.11 Å². The first-order chi connectivity index (χ1) is 8.42. The normalized spacial score (nSPS) is 23.1. The van der Waals surface area contributed by atoms with Gasteiger partial charge < -0.3 is 15.2 Å². The number of carbonyl (C=O) groups is 1. The molecule has 2 atom stereocenters. The molecule has 1 saturated heterocycles. The Morgan fingerprint density at radius 2 is 2.22 bits per heavy atom. The van der Waals surface area contributed by atoms with E-state index in [1.807, 2.05) is 20.8 Å². The van der Waals surface area contributed by atoms with E-state index in [2.05, 4.69) is 20.1 Å². The number of ether oxygens (including phenoxy) is 1. The molecule has 7 nitrogen and oxygen atoms in total. The Kier molecular flexibility index (Phi) is 8.11. The molecule has 0 saturated carbocycles. The predicted molar refractivity (Wildman–Crippen MR) is 67.9 cm³/mol. The Bertz CT molecular complexity index is 277. The van der Waals surface area contributed by atoms with Gasteiger partial charge in [-0.25, -0.2) is 0 Å². The molecule has 0 spiro atoms. The van der Waals surface area contributed by atoms with E-state index >= 15 is 0 Å². The zero-order valence-corrected chi connectivity index (χ0v) is 11.2. The van der Waals surface area contributed by atoms with Gasteiger partial charge >= 0.3 is 0 Å². The van der Waals surface area contributed by atoms with Crippen molar-refractivity contribution in [2.45, 2.75) is 51.3 Å². The maximum Gasteiger partial charge on any atom is 0.293 e. The van der Waals surface area contributed by atoms with Gasteiger partial charge in [0.2, 0.25) is 0 Å². The number of carbonyl (C=O) groups excluding carboxylic acids is 1. The zero-order chi connectivity index (χ0) is 14.0. The van der Waals surface area contributed by atoms with E-state index in [0.717, 1.165) is 12.8 Å². The maximum atomic E-state index is 9.60. The summed E-state index contributed by atoms with van der Waals surface area (Å²) in [4.78, 5) is 12.3. The molecule has 2 N–H and O–H groups in total. The van der Waals surface area contributed by atoms with Crippen LogP contribution >= 0.6 is 0 Å². The third-order valence-corrected chi connectivity index (χ3v) is 2.33. The number of aliphatic hydroxyl groups excluding tert-OH is 1. The highest BCUT2D eigenvalue weighted by Gasteiger charge is 2.17. The summed E-state index contributed by atoms with van der Waals surface area (Å²) in [6.07, 6.45) is 1.77. The molecule has 1 rings (SSSR count). The van der Waals surface area contributed by atoms with E-state index in [1.165, 1.54) is 0 Å². The van der Waals surface area contributed by atoms with E-state index in [-0.39, 0.29) is 24.3 Å². The van der Waals surface area contributed by atoms with Gasteiger partial charge in [-0.2, -0.15) is 0 Å². The van der Waals surface area contributed by atoms with Gasteiger partial charge in [-0.1, -0.05) is 5.11 Å². The SMILES string of the molecule is CC(C)(C)OC=O.[N-]=[N+]=NC1CCC(CO)NC1. The number of aliphatic hydroxyl groups is 1. The maximum absolute atomic E-state index is 9.60. The summed E-state index contributed by atoms with van der Waals surface area (Å²) in [5.74, 6) is 0. The van der Waals surface area contributed by atoms with Crippen molar-refractivity contribution in [3.05, 3.63) is 10.4 Å². The molecule has 0 aliphatic carbocycles. The quantitative estimate of drug-likeness (QED) is 0.345. The van der Waals surface area contributed by atoms with Crippen LogP contribution in [0.5, 0.6) is 0 Å². The number of nitrogens with one attached hydrogen (secondary N) is 1. The van der Waals surface area contributed by atoms with Gasteiger partial charge in [-0.15, -0.1) is 0 Å². The van der Waals surface area contributed by atoms with Crippen molar-refractivity contribution in [1.82, 2.24) is 5.32 Å². The van der Waals surface area contributed by atoms with E-state index in [1.54, 1.807) is 0 Å². The molecular weight excluding hydrogens is 236 g/mol. The lowest BCUT2D eigenvalue weighted by Crippen LogP contribution is -2.42. The molecule has 18 heavy (non-hydrogen) atoms. The Hall–Kier alpha value is -1.30. The average molecular weight is 258 g/mol. The standard InChI is InChI=1S/C6H12N4O.C5H10O2/c7-10-9-5-1-2-6(4-11)8-3-5;1-5(2,3)7-4-6/h5-6,8,11H,1-4H2;4H,1-3H3. The third-order valence-electron chi connectivity index (χ3n) is 2.33. The van der Waals surface area contributed by atoms with Crippen LogP contribution in [0.2, 0.25) is 0 Å². The molecular formula is C11H22N4O3. The zero-order valence-electron chi connectivity index (χ0n) is 11.2. The summed E-state index contributed by atoms with van der Waals surface area (Å²) in [6, 6.07) is 0.267. The lowest BCUT2D eigenvalue weighted by Gasteiger charge is -2.25. The molecule has 104 valence electrons. The fourth-order valence-corrected chi connectivity index (χ4v) is 1.37. The van der Waals surface area contributed by atoms with Gasteiger partial charge in [0.15, 0.2) is 0 Å². The number of nitrogens with zero attached hydrogens (tertiary/aromatic N) is 3. The average Bonchev–Trinajstić information content (AvgIpc) is 2.30. The molecule has 1 fully saturated rings. The minimum atomic E-state index is -0.318. The number of hydrogen-bond donors (Lipinski definition) is 2. The number of piperidine rings is 1. The van der Waals surface area contributed by atoms with Crippen molar-refractivity contribution in [3.8, 4) is 0 Å². The van der Waals surface area contributed by atoms with Crippen LogP contribution in [0.4, 0.5) is 0 Å². The molecule has 1 heterocycles. The predicted octanol–water partition coefficient (Wildman–Crippen LogP) is 1.37. The Morgan fingerprint density at radius 1 is 1.56 bits per heavy atom. The molecule has 2 unspecified atom stereocenters. The van der Waals surface area contributed by atoms with E-state index in [4.69, 9.17) is 10.6 Å². The summed E-state index contributed by atoms with van der Waals surface area (Å²) in [5, 5.41) is 15.4. The van der Waals surface area contributed by atoms with Gasteiger partial charge in [-0.05, 0) is 39.1 Å². The molecule has 0 radical (unpaired) electrons. The summed E-state index contributed by atoms with van der Waals surface area (Å²) < 4.78 is 4.55. The van der Waals surface area contributed by atoms with Crippen LogP contribution in [0.3, 0.4) is 0 Å². The van der Waals surface area contributed by atoms with Crippen LogP contribution in [0, 0.1) is 0 Å². The second-order valence-corrected chi connectivity index (χ2v) is 5.05. The highest BCUT2D eigenvalue weighted by Crippen LogP contribution is 2.10. The van der Waals surface area contributed by atoms with Crippen molar-refractivity contribution in [2.75, 3.05) is 13.2 Å². The fraction of sp³-hybridized carbons (Fsp3) is 0.909. The number of hydrogen-bond acceptors (Lipinski definition) is 5. The van der Waals surface area contributed by atoms with Gasteiger partial charge in [0.05, 0.1) is 6.61 Å². The van der Waals surface area contributed by atoms with E-state index in [9.17, 15) is 4.79 Å². The smallest absolute Gasteiger partial charge is 0.293 e. The van der Waals surface area contributed by atoms with Gasteiger partial charge in [0.25, 0.3) is 6.47 Å². The highest BCUT2D eigenvalue weighted by atomic mass is 16.5. The van der Waals surface area contributed by atoms with E-state index in [0.29, 0.717) is 13.0 Å². The monoisotopic (exact) mass is 258 g/mol. The topological polar surface area (TPSA) is 107 Å². The lowest BCUT2D eigenvalue weighted by atomic mass is 10.0. The summed E-state index contributed by atoms with van der Waals surface area (Å²) >= 11 is 0. The molecule has 0 aromatic rings. The first kappa shape index (κ1) is 16.7. The van der Waals surface area contributed by atoms with Crippen LogP contribution in [0.1, 0.15) is 33.6 Å². The number of azide groups is 1. The fourth-order valence-electron chi connectivity index (χ4n) is 1.37. The largest absolute Gasteiger partial charge is 0.462 e. The number of rotatable bonds is 3. The van der Waals surface area contributed by atoms with Crippen molar-refractivity contribution < 1.29 is 14.6 Å². The molecule has 0 aromatic carbocycles. The second kappa shape index (κ2) is 8.74. The lowest BCUT2D eigenvalue weighted by molar-refractivity contribution is -0.138. The van der Waals surface area contributed by atoms with Crippen LogP contribution < -0.4 is 5.32 Å². The first-order valence-corrected chi connectivity index (χ1v) is 5.93. The van der Waals surface area contributed by atoms with Crippen molar-refractivity contribution >= 4 is 6.47 Å². The van der Waals surface area contributed by atoms with E-state index < -0.39 is 0 Å². The highest BCUT2D eigenvalue weighted by molar-refractivity contribution is 5.37. The van der Waals surface area contributed by atoms with Crippen LogP contribution in [0.15, 0.2) is 5.11 Å². The Labute approximate surface area is 107 Å². The van der Waals surface area contributed by atoms with Gasteiger partial charge in [0.1, 0.15) is 5.60 Å². The van der Waals surface area contributed by atoms with Crippen molar-refractivity contribution in [3.63, 3.8) is 0 Å². The molecule has 7 heteroatoms. The first-order valence-electron chi connectivity index (χ1n) is 5.93. The van der Waals surface area contributed by atoms with Crippen LogP contribution in [-0.4, -0.2) is 42.4 Å². The summed E-state index contributed by atoms with van der Waals surface area (Å²) in [7, 11) is 0. The molecule has 0 aromatic heterocycles. The minimum absolute atomic E-state index is 0.0720. The second-order valence-electron chi connectivity index (χ2n) is 5.05. The van der Waals surface area contributed by atoms with Gasteiger partial charge in [-0.3, -0.25) is 4.79 Å². The molecule has 1 aliphatic rings. The molecule has 0 amide bonds. The van der Waals surface area contributed by atoms with Gasteiger partial charge in [0, 0.05) is 23.5 Å². The Balaban J connectivity index is 0.000000360. The molecule has 0 bridgehead atoms. The molecule has 1 aliphatic heterocycles.